The molecule has 0 aliphatic rings. The van der Waals surface area contributed by atoms with Gasteiger partial charge in [-0.15, -0.1) is 0 Å². The number of benzene rings is 1. The van der Waals surface area contributed by atoms with E-state index < -0.39 is 60.2 Å². The number of nitrogens with one attached hydrogen (secondary N) is 3. The SMILES string of the molecule is C[C@H](NC(=O)[C@H](Cc1ccccc1)NC(=O)[C@H](CCC(=O)O)NC(=O)[C@@H](N)CCCCN)C(=O)O. The molecule has 4 atom stereocenters. The second-order valence-electron chi connectivity index (χ2n) is 8.20. The van der Waals surface area contributed by atoms with Gasteiger partial charge in [0, 0.05) is 12.8 Å². The molecule has 35 heavy (non-hydrogen) atoms. The number of rotatable bonds is 16. The van der Waals surface area contributed by atoms with Gasteiger partial charge >= 0.3 is 11.9 Å². The summed E-state index contributed by atoms with van der Waals surface area (Å²) < 4.78 is 0. The lowest BCUT2D eigenvalue weighted by Gasteiger charge is -2.24. The molecule has 194 valence electrons. The Hall–Kier alpha value is -3.51. The Kier molecular flexibility index (Phi) is 13.0. The lowest BCUT2D eigenvalue weighted by molar-refractivity contribution is -0.141. The molecule has 0 fully saturated rings. The van der Waals surface area contributed by atoms with Crippen LogP contribution in [-0.4, -0.2) is 70.6 Å². The van der Waals surface area contributed by atoms with Crippen LogP contribution in [0.1, 0.15) is 44.6 Å². The van der Waals surface area contributed by atoms with Crippen LogP contribution in [-0.2, 0) is 30.4 Å². The summed E-state index contributed by atoms with van der Waals surface area (Å²) in [5.41, 5.74) is 12.0. The topological polar surface area (TPSA) is 214 Å². The Balaban J connectivity index is 3.01. The first kappa shape index (κ1) is 29.5. The summed E-state index contributed by atoms with van der Waals surface area (Å²) in [5.74, 6) is -4.57. The minimum Gasteiger partial charge on any atom is -0.481 e. The Labute approximate surface area is 203 Å². The van der Waals surface area contributed by atoms with Crippen LogP contribution >= 0.6 is 0 Å². The molecule has 1 aromatic rings. The maximum atomic E-state index is 13.0. The Morgan fingerprint density at radius 3 is 2.03 bits per heavy atom. The van der Waals surface area contributed by atoms with E-state index in [-0.39, 0.29) is 12.8 Å². The van der Waals surface area contributed by atoms with Gasteiger partial charge in [-0.05, 0) is 38.3 Å². The Bertz CT molecular complexity index is 865. The monoisotopic (exact) mass is 493 g/mol. The maximum Gasteiger partial charge on any atom is 0.325 e. The zero-order valence-electron chi connectivity index (χ0n) is 19.7. The van der Waals surface area contributed by atoms with E-state index in [1.807, 2.05) is 0 Å². The number of carbonyl (C=O) groups is 5. The molecule has 9 N–H and O–H groups in total. The zero-order valence-corrected chi connectivity index (χ0v) is 19.7. The van der Waals surface area contributed by atoms with Crippen molar-refractivity contribution < 1.29 is 34.2 Å². The van der Waals surface area contributed by atoms with Gasteiger partial charge in [-0.3, -0.25) is 24.0 Å². The molecule has 3 amide bonds. The number of carboxylic acids is 2. The van der Waals surface area contributed by atoms with Gasteiger partial charge in [0.15, 0.2) is 0 Å². The number of hydrogen-bond donors (Lipinski definition) is 7. The molecule has 0 spiro atoms. The predicted octanol–water partition coefficient (Wildman–Crippen LogP) is -0.891. The molecular formula is C23H35N5O7. The van der Waals surface area contributed by atoms with Crippen molar-refractivity contribution in [3.63, 3.8) is 0 Å². The van der Waals surface area contributed by atoms with Gasteiger partial charge in [0.05, 0.1) is 6.04 Å². The van der Waals surface area contributed by atoms with E-state index in [0.717, 1.165) is 0 Å². The first-order valence-electron chi connectivity index (χ1n) is 11.4. The average Bonchev–Trinajstić information content (AvgIpc) is 2.81. The fourth-order valence-electron chi connectivity index (χ4n) is 3.16. The summed E-state index contributed by atoms with van der Waals surface area (Å²) in [6, 6.07) is 4.18. The lowest BCUT2D eigenvalue weighted by Crippen LogP contribution is -2.57. The molecule has 12 nitrogen and oxygen atoms in total. The third kappa shape index (κ3) is 11.5. The fraction of sp³-hybridized carbons (Fsp3) is 0.522. The molecular weight excluding hydrogens is 458 g/mol. The van der Waals surface area contributed by atoms with Crippen LogP contribution < -0.4 is 27.4 Å². The standard InChI is InChI=1S/C23H35N5O7/c1-14(23(34)35)26-22(33)18(13-15-7-3-2-4-8-15)28-21(32)17(10-11-19(29)30)27-20(31)16(25)9-5-6-12-24/h2-4,7-8,14,16-18H,5-6,9-13,24-25H2,1H3,(H,26,33)(H,27,31)(H,28,32)(H,29,30)(H,34,35)/t14-,16-,17-,18-/m0/s1. The maximum absolute atomic E-state index is 13.0. The second kappa shape index (κ2) is 15.4. The zero-order chi connectivity index (χ0) is 26.4. The Morgan fingerprint density at radius 1 is 0.857 bits per heavy atom. The van der Waals surface area contributed by atoms with E-state index >= 15 is 0 Å². The van der Waals surface area contributed by atoms with Crippen LogP contribution in [0, 0.1) is 0 Å². The number of amides is 3. The summed E-state index contributed by atoms with van der Waals surface area (Å²) in [5, 5.41) is 25.5. The quantitative estimate of drug-likeness (QED) is 0.142. The van der Waals surface area contributed by atoms with E-state index in [0.29, 0.717) is 31.4 Å². The molecule has 1 rings (SSSR count). The second-order valence-corrected chi connectivity index (χ2v) is 8.20. The molecule has 0 saturated heterocycles. The smallest absolute Gasteiger partial charge is 0.325 e. The van der Waals surface area contributed by atoms with Gasteiger partial charge in [-0.1, -0.05) is 36.8 Å². The highest BCUT2D eigenvalue weighted by Crippen LogP contribution is 2.07. The summed E-state index contributed by atoms with van der Waals surface area (Å²) in [4.78, 5) is 60.5. The molecule has 0 bridgehead atoms. The minimum absolute atomic E-state index is 0.0446. The highest BCUT2D eigenvalue weighted by molar-refractivity contribution is 5.94. The summed E-state index contributed by atoms with van der Waals surface area (Å²) >= 11 is 0. The van der Waals surface area contributed by atoms with Crippen molar-refractivity contribution in [3.8, 4) is 0 Å². The molecule has 1 aromatic carbocycles. The van der Waals surface area contributed by atoms with Gasteiger partial charge in [-0.25, -0.2) is 0 Å². The highest BCUT2D eigenvalue weighted by atomic mass is 16.4. The van der Waals surface area contributed by atoms with Crippen LogP contribution in [0.2, 0.25) is 0 Å². The van der Waals surface area contributed by atoms with Gasteiger partial charge in [0.1, 0.15) is 18.1 Å². The van der Waals surface area contributed by atoms with E-state index in [1.165, 1.54) is 6.92 Å². The number of hydrogen-bond acceptors (Lipinski definition) is 7. The van der Waals surface area contributed by atoms with Crippen molar-refractivity contribution in [2.24, 2.45) is 11.5 Å². The van der Waals surface area contributed by atoms with E-state index in [1.54, 1.807) is 30.3 Å². The largest absolute Gasteiger partial charge is 0.481 e. The number of carboxylic acid groups (broad SMARTS) is 2. The number of aliphatic carboxylic acids is 2. The van der Waals surface area contributed by atoms with Crippen LogP contribution in [0.4, 0.5) is 0 Å². The van der Waals surface area contributed by atoms with Crippen molar-refractivity contribution >= 4 is 29.7 Å². The molecule has 0 aromatic heterocycles. The van der Waals surface area contributed by atoms with E-state index in [9.17, 15) is 24.0 Å². The first-order chi connectivity index (χ1) is 16.5. The van der Waals surface area contributed by atoms with Crippen molar-refractivity contribution in [1.29, 1.82) is 0 Å². The normalized spacial score (nSPS) is 14.1. The molecule has 12 heteroatoms. The van der Waals surface area contributed by atoms with Gasteiger partial charge in [-0.2, -0.15) is 0 Å². The van der Waals surface area contributed by atoms with Crippen molar-refractivity contribution in [3.05, 3.63) is 35.9 Å². The van der Waals surface area contributed by atoms with E-state index in [4.69, 9.17) is 21.7 Å². The number of carbonyl (C=O) groups excluding carboxylic acids is 3. The van der Waals surface area contributed by atoms with E-state index in [2.05, 4.69) is 16.0 Å². The molecule has 0 unspecified atom stereocenters. The predicted molar refractivity (Wildman–Crippen MR) is 127 cm³/mol. The average molecular weight is 494 g/mol. The van der Waals surface area contributed by atoms with Crippen LogP contribution in [0.3, 0.4) is 0 Å². The molecule has 0 heterocycles. The minimum atomic E-state index is -1.26. The number of nitrogens with two attached hydrogens (primary N) is 2. The molecule has 0 aliphatic carbocycles. The summed E-state index contributed by atoms with van der Waals surface area (Å²) in [6.07, 6.45) is 1.03. The lowest BCUT2D eigenvalue weighted by atomic mass is 10.0. The van der Waals surface area contributed by atoms with Gasteiger partial charge in [0.2, 0.25) is 17.7 Å². The van der Waals surface area contributed by atoms with Crippen LogP contribution in [0.15, 0.2) is 30.3 Å². The Morgan fingerprint density at radius 2 is 1.46 bits per heavy atom. The fourth-order valence-corrected chi connectivity index (χ4v) is 3.16. The third-order valence-corrected chi connectivity index (χ3v) is 5.23. The van der Waals surface area contributed by atoms with Crippen molar-refractivity contribution in [2.75, 3.05) is 6.54 Å². The van der Waals surface area contributed by atoms with Crippen LogP contribution in [0.25, 0.3) is 0 Å². The molecule has 0 aliphatic heterocycles. The molecule has 0 saturated carbocycles. The first-order valence-corrected chi connectivity index (χ1v) is 11.4. The summed E-state index contributed by atoms with van der Waals surface area (Å²) in [6.45, 7) is 1.73. The van der Waals surface area contributed by atoms with Crippen molar-refractivity contribution in [1.82, 2.24) is 16.0 Å². The highest BCUT2D eigenvalue weighted by Gasteiger charge is 2.29. The summed E-state index contributed by atoms with van der Waals surface area (Å²) in [7, 11) is 0. The van der Waals surface area contributed by atoms with Gasteiger partial charge < -0.3 is 37.6 Å². The number of unbranched alkanes of at least 4 members (excludes halogenated alkanes) is 1. The van der Waals surface area contributed by atoms with Gasteiger partial charge in [0.25, 0.3) is 0 Å². The van der Waals surface area contributed by atoms with Crippen molar-refractivity contribution in [2.45, 2.75) is 69.6 Å². The van der Waals surface area contributed by atoms with Crippen LogP contribution in [0.5, 0.6) is 0 Å². The molecule has 0 radical (unpaired) electrons. The third-order valence-electron chi connectivity index (χ3n) is 5.23.